The van der Waals surface area contributed by atoms with E-state index in [1.165, 1.54) is 0 Å². The van der Waals surface area contributed by atoms with Gasteiger partial charge in [-0.15, -0.1) is 0 Å². The molecule has 1 aliphatic carbocycles. The number of nitrogens with two attached hydrogens (primary N) is 2. The molecule has 0 aromatic carbocycles. The Bertz CT molecular complexity index is 902. The summed E-state index contributed by atoms with van der Waals surface area (Å²) >= 11 is 0. The molecular formula is C21H29FN6O3. The zero-order chi connectivity index (χ0) is 22.4. The number of carbonyl (C=O) groups excluding carboxylic acids is 1. The number of anilines is 3. The lowest BCUT2D eigenvalue weighted by molar-refractivity contribution is 0.100. The number of aromatic nitrogens is 2. The number of pyridine rings is 2. The van der Waals surface area contributed by atoms with E-state index in [1.807, 2.05) is 13.8 Å². The number of amides is 1. The molecular weight excluding hydrogens is 403 g/mol. The van der Waals surface area contributed by atoms with Gasteiger partial charge in [-0.25, -0.2) is 9.37 Å². The lowest BCUT2D eigenvalue weighted by Gasteiger charge is -2.30. The first-order chi connectivity index (χ1) is 14.9. The zero-order valence-corrected chi connectivity index (χ0v) is 17.8. The summed E-state index contributed by atoms with van der Waals surface area (Å²) in [7, 11) is 0. The summed E-state index contributed by atoms with van der Waals surface area (Å²) in [5.74, 6) is -0.679. The largest absolute Gasteiger partial charge is 0.478 e. The first-order valence-electron chi connectivity index (χ1n) is 10.5. The highest BCUT2D eigenvalue weighted by Gasteiger charge is 2.24. The van der Waals surface area contributed by atoms with Crippen LogP contribution in [-0.4, -0.2) is 41.2 Å². The summed E-state index contributed by atoms with van der Waals surface area (Å²) in [6.45, 7) is 4.50. The van der Waals surface area contributed by atoms with Gasteiger partial charge < -0.3 is 31.6 Å². The molecule has 10 heteroatoms. The van der Waals surface area contributed by atoms with Crippen molar-refractivity contribution in [1.82, 2.24) is 9.97 Å². The minimum atomic E-state index is -0.807. The van der Waals surface area contributed by atoms with E-state index in [0.717, 1.165) is 31.7 Å². The molecule has 0 spiro atoms. The molecule has 2 atom stereocenters. The smallest absolute Gasteiger partial charge is 0.252 e. The van der Waals surface area contributed by atoms with Crippen LogP contribution in [0.5, 0.6) is 11.8 Å². The molecule has 0 aliphatic heterocycles. The highest BCUT2D eigenvalue weighted by atomic mass is 19.1. The molecule has 3 rings (SSSR count). The molecule has 1 aliphatic rings. The number of nitrogens with one attached hydrogen (secondary N) is 2. The van der Waals surface area contributed by atoms with E-state index in [1.54, 1.807) is 12.1 Å². The maximum Gasteiger partial charge on any atom is 0.252 e. The number of ether oxygens (including phenoxy) is 2. The number of hydrogen-bond acceptors (Lipinski definition) is 8. The van der Waals surface area contributed by atoms with Crippen LogP contribution in [0.1, 0.15) is 49.9 Å². The second-order valence-corrected chi connectivity index (χ2v) is 7.30. The predicted octanol–water partition coefficient (Wildman–Crippen LogP) is 2.94. The van der Waals surface area contributed by atoms with Gasteiger partial charge in [0.05, 0.1) is 24.5 Å². The first-order valence-corrected chi connectivity index (χ1v) is 10.5. The second-order valence-electron chi connectivity index (χ2n) is 7.30. The van der Waals surface area contributed by atoms with Crippen LogP contribution >= 0.6 is 0 Å². The van der Waals surface area contributed by atoms with Crippen molar-refractivity contribution in [3.05, 3.63) is 29.6 Å². The number of carbonyl (C=O) groups is 1. The average Bonchev–Trinajstić information content (AvgIpc) is 2.72. The van der Waals surface area contributed by atoms with Gasteiger partial charge in [0.25, 0.3) is 5.91 Å². The van der Waals surface area contributed by atoms with E-state index in [2.05, 4.69) is 20.6 Å². The fraction of sp³-hybridized carbons (Fsp3) is 0.476. The standard InChI is InChI=1S/C21H29FN6O3/c1-3-30-17-9-12(10-18(27-17)31-4-2)25-20-13(19(24)29)11-14(22)21(28-20)26-16-8-6-5-7-15(16)23/h9-11,15-16H,3-8,23H2,1-2H3,(H2,24,29)(H2,25,26,27,28)/t15-,16+/m0/s1. The van der Waals surface area contributed by atoms with Gasteiger partial charge in [0.1, 0.15) is 5.82 Å². The number of nitrogens with zero attached hydrogens (tertiary/aromatic N) is 2. The zero-order valence-electron chi connectivity index (χ0n) is 17.8. The molecule has 168 valence electrons. The topological polar surface area (TPSA) is 137 Å². The van der Waals surface area contributed by atoms with Crippen molar-refractivity contribution < 1.29 is 18.7 Å². The molecule has 6 N–H and O–H groups in total. The summed E-state index contributed by atoms with van der Waals surface area (Å²) in [6, 6.07) is 4.14. The summed E-state index contributed by atoms with van der Waals surface area (Å²) in [5.41, 5.74) is 12.1. The maximum absolute atomic E-state index is 14.7. The Balaban J connectivity index is 1.94. The average molecular weight is 433 g/mol. The van der Waals surface area contributed by atoms with Crippen LogP contribution in [0.2, 0.25) is 0 Å². The molecule has 9 nitrogen and oxygen atoms in total. The van der Waals surface area contributed by atoms with Gasteiger partial charge in [-0.1, -0.05) is 12.8 Å². The molecule has 1 fully saturated rings. The Hall–Kier alpha value is -3.14. The molecule has 1 saturated carbocycles. The van der Waals surface area contributed by atoms with Gasteiger partial charge in [0.2, 0.25) is 11.8 Å². The van der Waals surface area contributed by atoms with Gasteiger partial charge in [-0.2, -0.15) is 4.98 Å². The summed E-state index contributed by atoms with van der Waals surface area (Å²) in [5, 5.41) is 6.11. The summed E-state index contributed by atoms with van der Waals surface area (Å²) in [6.07, 6.45) is 3.74. The number of halogens is 1. The van der Waals surface area contributed by atoms with Crippen molar-refractivity contribution >= 4 is 23.2 Å². The van der Waals surface area contributed by atoms with E-state index in [0.29, 0.717) is 30.7 Å². The normalized spacial score (nSPS) is 18.3. The summed E-state index contributed by atoms with van der Waals surface area (Å²) < 4.78 is 25.6. The van der Waals surface area contributed by atoms with Crippen molar-refractivity contribution in [2.45, 2.75) is 51.6 Å². The minimum absolute atomic E-state index is 0.0129. The Kier molecular flexibility index (Phi) is 7.45. The van der Waals surface area contributed by atoms with Gasteiger partial charge in [-0.05, 0) is 32.8 Å². The highest BCUT2D eigenvalue weighted by Crippen LogP contribution is 2.29. The Labute approximate surface area is 180 Å². The monoisotopic (exact) mass is 432 g/mol. The highest BCUT2D eigenvalue weighted by molar-refractivity contribution is 5.98. The van der Waals surface area contributed by atoms with E-state index in [9.17, 15) is 9.18 Å². The molecule has 31 heavy (non-hydrogen) atoms. The molecule has 2 heterocycles. The van der Waals surface area contributed by atoms with Crippen LogP contribution in [0, 0.1) is 5.82 Å². The van der Waals surface area contributed by atoms with Gasteiger partial charge in [-0.3, -0.25) is 4.79 Å². The first kappa shape index (κ1) is 22.5. The molecule has 2 aromatic rings. The summed E-state index contributed by atoms with van der Waals surface area (Å²) in [4.78, 5) is 20.5. The molecule has 0 saturated heterocycles. The number of primary amides is 1. The number of rotatable bonds is 9. The van der Waals surface area contributed by atoms with E-state index < -0.39 is 11.7 Å². The SMILES string of the molecule is CCOc1cc(Nc2nc(N[C@@H]3CCCC[C@@H]3N)c(F)cc2C(N)=O)cc(OCC)n1. The van der Waals surface area contributed by atoms with Crippen LogP contribution < -0.4 is 31.6 Å². The van der Waals surface area contributed by atoms with E-state index >= 15 is 0 Å². The number of hydrogen-bond donors (Lipinski definition) is 4. The Morgan fingerprint density at radius 2 is 1.74 bits per heavy atom. The van der Waals surface area contributed by atoms with Gasteiger partial charge >= 0.3 is 0 Å². The van der Waals surface area contributed by atoms with Crippen molar-refractivity contribution in [3.63, 3.8) is 0 Å². The van der Waals surface area contributed by atoms with Crippen molar-refractivity contribution in [3.8, 4) is 11.8 Å². The van der Waals surface area contributed by atoms with Crippen LogP contribution in [0.4, 0.5) is 21.7 Å². The predicted molar refractivity (Wildman–Crippen MR) is 116 cm³/mol. The third-order valence-electron chi connectivity index (χ3n) is 5.01. The second kappa shape index (κ2) is 10.3. The lowest BCUT2D eigenvalue weighted by Crippen LogP contribution is -2.43. The van der Waals surface area contributed by atoms with Crippen molar-refractivity contribution in [1.29, 1.82) is 0 Å². The van der Waals surface area contributed by atoms with Crippen LogP contribution in [0.25, 0.3) is 0 Å². The lowest BCUT2D eigenvalue weighted by atomic mass is 9.91. The van der Waals surface area contributed by atoms with E-state index in [-0.39, 0.29) is 29.3 Å². The molecule has 0 unspecified atom stereocenters. The Morgan fingerprint density at radius 3 is 2.32 bits per heavy atom. The minimum Gasteiger partial charge on any atom is -0.478 e. The van der Waals surface area contributed by atoms with Crippen LogP contribution in [0.3, 0.4) is 0 Å². The van der Waals surface area contributed by atoms with Gasteiger partial charge in [0, 0.05) is 24.2 Å². The van der Waals surface area contributed by atoms with Gasteiger partial charge in [0.15, 0.2) is 11.6 Å². The van der Waals surface area contributed by atoms with E-state index in [4.69, 9.17) is 20.9 Å². The van der Waals surface area contributed by atoms with Crippen LogP contribution in [-0.2, 0) is 0 Å². The fourth-order valence-electron chi connectivity index (χ4n) is 3.52. The van der Waals surface area contributed by atoms with Crippen molar-refractivity contribution in [2.75, 3.05) is 23.8 Å². The molecule has 2 aromatic heterocycles. The molecule has 1 amide bonds. The van der Waals surface area contributed by atoms with Crippen LogP contribution in [0.15, 0.2) is 18.2 Å². The third-order valence-corrected chi connectivity index (χ3v) is 5.01. The third kappa shape index (κ3) is 5.72. The fourth-order valence-corrected chi connectivity index (χ4v) is 3.52. The maximum atomic E-state index is 14.7. The molecule has 0 bridgehead atoms. The molecule has 0 radical (unpaired) electrons. The quantitative estimate of drug-likeness (QED) is 0.475. The van der Waals surface area contributed by atoms with Crippen molar-refractivity contribution in [2.24, 2.45) is 11.5 Å². The Morgan fingerprint density at radius 1 is 1.10 bits per heavy atom.